The topological polar surface area (TPSA) is 66.0 Å². The van der Waals surface area contributed by atoms with Crippen molar-refractivity contribution < 1.29 is 9.21 Å². The third kappa shape index (κ3) is 5.18. The molecular weight excluding hydrogens is 403 g/mol. The van der Waals surface area contributed by atoms with Gasteiger partial charge in [0.2, 0.25) is 0 Å². The Morgan fingerprint density at radius 1 is 1.11 bits per heavy atom. The Labute approximate surface area is 170 Å². The first-order valence-electron chi connectivity index (χ1n) is 7.76. The molecule has 27 heavy (non-hydrogen) atoms. The molecule has 0 aliphatic carbocycles. The first-order valence-corrected chi connectivity index (χ1v) is 9.33. The van der Waals surface area contributed by atoms with Gasteiger partial charge in [-0.05, 0) is 42.5 Å². The van der Waals surface area contributed by atoms with Crippen LogP contribution in [0.15, 0.2) is 80.6 Å². The lowest BCUT2D eigenvalue weighted by Gasteiger charge is -2.06. The average Bonchev–Trinajstić information content (AvgIpc) is 3.09. The van der Waals surface area contributed by atoms with Crippen LogP contribution in [0.4, 0.5) is 5.69 Å². The number of nitrogens with one attached hydrogen (secondary N) is 1. The number of hydrogen-bond acceptors (Lipinski definition) is 4. The fourth-order valence-corrected chi connectivity index (χ4v) is 3.40. The molecule has 0 spiro atoms. The average molecular weight is 415 g/mol. The van der Waals surface area contributed by atoms with Gasteiger partial charge in [0.05, 0.1) is 10.7 Å². The van der Waals surface area contributed by atoms with E-state index in [1.54, 1.807) is 24.3 Å². The van der Waals surface area contributed by atoms with Gasteiger partial charge in [0, 0.05) is 16.0 Å². The van der Waals surface area contributed by atoms with E-state index >= 15 is 0 Å². The predicted octanol–water partition coefficient (Wildman–Crippen LogP) is 6.28. The lowest BCUT2D eigenvalue weighted by molar-refractivity contribution is -0.112. The maximum atomic E-state index is 12.3. The van der Waals surface area contributed by atoms with Gasteiger partial charge in [-0.15, -0.1) is 0 Å². The number of amides is 1. The van der Waals surface area contributed by atoms with Crippen LogP contribution < -0.4 is 5.32 Å². The molecule has 0 bridgehead atoms. The highest BCUT2D eigenvalue weighted by Gasteiger charge is 2.13. The number of benzene rings is 2. The van der Waals surface area contributed by atoms with Crippen LogP contribution in [-0.4, -0.2) is 5.91 Å². The lowest BCUT2D eigenvalue weighted by atomic mass is 10.2. The summed E-state index contributed by atoms with van der Waals surface area (Å²) in [5, 5.41) is 13.3. The van der Waals surface area contributed by atoms with Gasteiger partial charge < -0.3 is 9.73 Å². The van der Waals surface area contributed by atoms with Crippen molar-refractivity contribution in [3.8, 4) is 6.07 Å². The van der Waals surface area contributed by atoms with E-state index in [1.165, 1.54) is 23.9 Å². The van der Waals surface area contributed by atoms with Gasteiger partial charge in [-0.1, -0.05) is 53.2 Å². The maximum absolute atomic E-state index is 12.3. The molecule has 0 aliphatic rings. The zero-order valence-corrected chi connectivity index (χ0v) is 16.1. The zero-order valence-electron chi connectivity index (χ0n) is 13.8. The molecule has 134 valence electrons. The fourth-order valence-electron chi connectivity index (χ4n) is 2.14. The van der Waals surface area contributed by atoms with Crippen molar-refractivity contribution in [2.75, 3.05) is 5.32 Å². The van der Waals surface area contributed by atoms with Gasteiger partial charge in [0.25, 0.3) is 5.91 Å². The number of rotatable bonds is 5. The normalized spacial score (nSPS) is 11.1. The number of furan rings is 1. The second-order valence-corrected chi connectivity index (χ2v) is 7.24. The first-order chi connectivity index (χ1) is 13.0. The molecule has 7 heteroatoms. The Hall–Kier alpha value is -2.65. The Kier molecular flexibility index (Phi) is 6.25. The van der Waals surface area contributed by atoms with Crippen molar-refractivity contribution in [3.63, 3.8) is 0 Å². The Morgan fingerprint density at radius 2 is 1.89 bits per heavy atom. The molecular formula is C20H12Cl2N2O2S. The van der Waals surface area contributed by atoms with Crippen molar-refractivity contribution in [3.05, 3.63) is 82.0 Å². The van der Waals surface area contributed by atoms with Gasteiger partial charge in [-0.2, -0.15) is 5.26 Å². The number of hydrogen-bond donors (Lipinski definition) is 1. The van der Waals surface area contributed by atoms with Crippen LogP contribution in [0.1, 0.15) is 5.76 Å². The SMILES string of the molecule is N#C/C(=C/c1ccc(Sc2ccccc2)o1)C(=O)Nc1ccc(Cl)cc1Cl. The molecule has 0 radical (unpaired) electrons. The number of anilines is 1. The Morgan fingerprint density at radius 3 is 2.59 bits per heavy atom. The van der Waals surface area contributed by atoms with Crippen molar-refractivity contribution in [1.82, 2.24) is 0 Å². The summed E-state index contributed by atoms with van der Waals surface area (Å²) < 4.78 is 5.67. The summed E-state index contributed by atoms with van der Waals surface area (Å²) in [6.07, 6.45) is 1.38. The van der Waals surface area contributed by atoms with Crippen molar-refractivity contribution in [2.24, 2.45) is 0 Å². The maximum Gasteiger partial charge on any atom is 0.266 e. The van der Waals surface area contributed by atoms with Crippen LogP contribution >= 0.6 is 35.0 Å². The van der Waals surface area contributed by atoms with Crippen LogP contribution in [0.25, 0.3) is 6.08 Å². The number of nitrogens with zero attached hydrogens (tertiary/aromatic N) is 1. The molecule has 0 fully saturated rings. The highest BCUT2D eigenvalue weighted by atomic mass is 35.5. The second-order valence-electron chi connectivity index (χ2n) is 5.32. The summed E-state index contributed by atoms with van der Waals surface area (Å²) in [5.74, 6) is -0.183. The minimum Gasteiger partial charge on any atom is -0.450 e. The van der Waals surface area contributed by atoms with E-state index in [1.807, 2.05) is 36.4 Å². The van der Waals surface area contributed by atoms with Gasteiger partial charge in [0.15, 0.2) is 5.09 Å². The zero-order chi connectivity index (χ0) is 19.2. The summed E-state index contributed by atoms with van der Waals surface area (Å²) >= 11 is 13.3. The molecule has 0 saturated heterocycles. The summed E-state index contributed by atoms with van der Waals surface area (Å²) in [5.41, 5.74) is 0.263. The molecule has 0 saturated carbocycles. The minimum absolute atomic E-state index is 0.105. The molecule has 1 N–H and O–H groups in total. The second kappa shape index (κ2) is 8.83. The van der Waals surface area contributed by atoms with Crippen molar-refractivity contribution in [1.29, 1.82) is 5.26 Å². The quantitative estimate of drug-likeness (QED) is 0.393. The van der Waals surface area contributed by atoms with Gasteiger partial charge >= 0.3 is 0 Å². The third-order valence-electron chi connectivity index (χ3n) is 3.39. The van der Waals surface area contributed by atoms with Crippen LogP contribution in [0, 0.1) is 11.3 Å². The van der Waals surface area contributed by atoms with E-state index in [0.717, 1.165) is 4.90 Å². The number of nitriles is 1. The minimum atomic E-state index is -0.588. The standard InChI is InChI=1S/C20H12Cl2N2O2S/c21-14-6-8-18(17(22)11-14)24-20(25)13(12-23)10-15-7-9-19(26-15)27-16-4-2-1-3-5-16/h1-11H,(H,24,25)/b13-10-. The van der Waals surface area contributed by atoms with Crippen LogP contribution in [0.5, 0.6) is 0 Å². The number of halogens is 2. The van der Waals surface area contributed by atoms with Gasteiger partial charge in [-0.3, -0.25) is 4.79 Å². The molecule has 0 atom stereocenters. The van der Waals surface area contributed by atoms with Crippen LogP contribution in [-0.2, 0) is 4.79 Å². The predicted molar refractivity (Wildman–Crippen MR) is 108 cm³/mol. The summed E-state index contributed by atoms with van der Waals surface area (Å²) in [6.45, 7) is 0. The smallest absolute Gasteiger partial charge is 0.266 e. The van der Waals surface area contributed by atoms with Crippen LogP contribution in [0.3, 0.4) is 0 Å². The molecule has 4 nitrogen and oxygen atoms in total. The molecule has 3 aromatic rings. The molecule has 0 aliphatic heterocycles. The van der Waals surface area contributed by atoms with E-state index in [4.69, 9.17) is 27.6 Å². The molecule has 2 aromatic carbocycles. The first kappa shape index (κ1) is 19.1. The van der Waals surface area contributed by atoms with E-state index in [9.17, 15) is 10.1 Å². The number of carbonyl (C=O) groups excluding carboxylic acids is 1. The lowest BCUT2D eigenvalue weighted by Crippen LogP contribution is -2.13. The fraction of sp³-hybridized carbons (Fsp3) is 0. The van der Waals surface area contributed by atoms with E-state index < -0.39 is 5.91 Å². The Balaban J connectivity index is 1.74. The molecule has 3 rings (SSSR count). The van der Waals surface area contributed by atoms with Crippen molar-refractivity contribution in [2.45, 2.75) is 9.99 Å². The van der Waals surface area contributed by atoms with Gasteiger partial charge in [-0.25, -0.2) is 0 Å². The third-order valence-corrected chi connectivity index (χ3v) is 4.87. The molecule has 1 amide bonds. The largest absolute Gasteiger partial charge is 0.450 e. The number of carbonyl (C=O) groups is 1. The van der Waals surface area contributed by atoms with Crippen molar-refractivity contribution >= 4 is 52.6 Å². The van der Waals surface area contributed by atoms with Gasteiger partial charge in [0.1, 0.15) is 17.4 Å². The Bertz CT molecular complexity index is 1040. The molecule has 0 unspecified atom stereocenters. The van der Waals surface area contributed by atoms with E-state index in [2.05, 4.69) is 5.32 Å². The molecule has 1 heterocycles. The van der Waals surface area contributed by atoms with Crippen LogP contribution in [0.2, 0.25) is 10.0 Å². The monoisotopic (exact) mass is 414 g/mol. The highest BCUT2D eigenvalue weighted by Crippen LogP contribution is 2.30. The van der Waals surface area contributed by atoms with E-state index in [0.29, 0.717) is 21.6 Å². The van der Waals surface area contributed by atoms with E-state index in [-0.39, 0.29) is 10.6 Å². The summed E-state index contributed by atoms with van der Waals surface area (Å²) in [7, 11) is 0. The highest BCUT2D eigenvalue weighted by molar-refractivity contribution is 7.99. The summed E-state index contributed by atoms with van der Waals surface area (Å²) in [4.78, 5) is 13.4. The molecule has 1 aromatic heterocycles. The summed E-state index contributed by atoms with van der Waals surface area (Å²) in [6, 6.07) is 19.8.